The predicted octanol–water partition coefficient (Wildman–Crippen LogP) is 3.54. The molecule has 0 bridgehead atoms. The van der Waals surface area contributed by atoms with E-state index in [1.807, 2.05) is 24.3 Å². The van der Waals surface area contributed by atoms with Crippen molar-refractivity contribution in [2.75, 3.05) is 6.54 Å². The summed E-state index contributed by atoms with van der Waals surface area (Å²) in [5.74, 6) is -0.435. The van der Waals surface area contributed by atoms with Gasteiger partial charge in [-0.3, -0.25) is 4.79 Å². The van der Waals surface area contributed by atoms with E-state index in [9.17, 15) is 14.3 Å². The quantitative estimate of drug-likeness (QED) is 0.806. The van der Waals surface area contributed by atoms with Crippen LogP contribution >= 0.6 is 15.9 Å². The number of nitrogens with one attached hydrogen (secondary N) is 1. The fraction of sp³-hybridized carbons (Fsp3) is 0.278. The van der Waals surface area contributed by atoms with Crippen LogP contribution in [0.3, 0.4) is 0 Å². The van der Waals surface area contributed by atoms with Crippen LogP contribution in [0.5, 0.6) is 0 Å². The first-order valence-electron chi connectivity index (χ1n) is 7.36. The van der Waals surface area contributed by atoms with E-state index in [1.54, 1.807) is 19.1 Å². The lowest BCUT2D eigenvalue weighted by atomic mass is 9.96. The Morgan fingerprint density at radius 2 is 1.78 bits per heavy atom. The summed E-state index contributed by atoms with van der Waals surface area (Å²) in [7, 11) is 0. The van der Waals surface area contributed by atoms with E-state index in [2.05, 4.69) is 21.2 Å². The second-order valence-corrected chi connectivity index (χ2v) is 6.60. The van der Waals surface area contributed by atoms with E-state index >= 15 is 0 Å². The number of aliphatic hydroxyl groups is 1. The summed E-state index contributed by atoms with van der Waals surface area (Å²) < 4.78 is 13.7. The topological polar surface area (TPSA) is 49.3 Å². The molecule has 2 rings (SSSR count). The number of benzene rings is 2. The molecule has 0 saturated carbocycles. The molecule has 0 fully saturated rings. The van der Waals surface area contributed by atoms with E-state index in [-0.39, 0.29) is 18.3 Å². The number of halogens is 2. The Kier molecular flexibility index (Phi) is 5.91. The smallest absolute Gasteiger partial charge is 0.220 e. The molecule has 2 N–H and O–H groups in total. The summed E-state index contributed by atoms with van der Waals surface area (Å²) in [6.45, 7) is 1.80. The van der Waals surface area contributed by atoms with E-state index in [0.717, 1.165) is 15.6 Å². The first kappa shape index (κ1) is 17.6. The minimum atomic E-state index is -1.13. The molecule has 122 valence electrons. The Labute approximate surface area is 143 Å². The van der Waals surface area contributed by atoms with Crippen LogP contribution in [0.15, 0.2) is 53.0 Å². The Morgan fingerprint density at radius 3 is 2.39 bits per heavy atom. The van der Waals surface area contributed by atoms with Crippen molar-refractivity contribution in [3.8, 4) is 0 Å². The Morgan fingerprint density at radius 1 is 1.17 bits per heavy atom. The molecule has 0 spiro atoms. The number of rotatable bonds is 6. The van der Waals surface area contributed by atoms with Gasteiger partial charge in [-0.15, -0.1) is 0 Å². The molecule has 2 aromatic rings. The van der Waals surface area contributed by atoms with Crippen molar-refractivity contribution in [1.82, 2.24) is 5.32 Å². The zero-order valence-corrected chi connectivity index (χ0v) is 14.4. The first-order valence-corrected chi connectivity index (χ1v) is 8.16. The molecule has 0 aliphatic heterocycles. The molecule has 0 saturated heterocycles. The molecule has 5 heteroatoms. The Bertz CT molecular complexity index is 654. The molecule has 1 atom stereocenters. The first-order chi connectivity index (χ1) is 10.9. The molecule has 0 aliphatic rings. The summed E-state index contributed by atoms with van der Waals surface area (Å²) in [5, 5.41) is 13.2. The summed E-state index contributed by atoms with van der Waals surface area (Å²) in [5.41, 5.74) is 0.507. The largest absolute Gasteiger partial charge is 0.384 e. The zero-order chi connectivity index (χ0) is 16.9. The third-order valence-corrected chi connectivity index (χ3v) is 4.18. The van der Waals surface area contributed by atoms with E-state index < -0.39 is 5.60 Å². The van der Waals surface area contributed by atoms with Gasteiger partial charge in [0.05, 0.1) is 6.54 Å². The monoisotopic (exact) mass is 379 g/mol. The highest BCUT2D eigenvalue weighted by molar-refractivity contribution is 9.10. The van der Waals surface area contributed by atoms with Gasteiger partial charge in [0.1, 0.15) is 11.4 Å². The van der Waals surface area contributed by atoms with Gasteiger partial charge in [0, 0.05) is 10.9 Å². The highest BCUT2D eigenvalue weighted by Gasteiger charge is 2.23. The van der Waals surface area contributed by atoms with Gasteiger partial charge in [-0.25, -0.2) is 4.39 Å². The summed E-state index contributed by atoms with van der Waals surface area (Å²) >= 11 is 3.35. The Balaban J connectivity index is 1.83. The van der Waals surface area contributed by atoms with E-state index in [4.69, 9.17) is 0 Å². The molecule has 3 nitrogen and oxygen atoms in total. The molecule has 23 heavy (non-hydrogen) atoms. The second kappa shape index (κ2) is 7.70. The second-order valence-electron chi connectivity index (χ2n) is 5.68. The fourth-order valence-electron chi connectivity index (χ4n) is 2.18. The lowest BCUT2D eigenvalue weighted by Crippen LogP contribution is -2.38. The maximum atomic E-state index is 12.8. The van der Waals surface area contributed by atoms with Crippen LogP contribution in [0.2, 0.25) is 0 Å². The van der Waals surface area contributed by atoms with Gasteiger partial charge in [-0.05, 0) is 48.7 Å². The third-order valence-electron chi connectivity index (χ3n) is 3.65. The van der Waals surface area contributed by atoms with Crippen molar-refractivity contribution in [1.29, 1.82) is 0 Å². The van der Waals surface area contributed by atoms with E-state index in [1.165, 1.54) is 12.1 Å². The Hall–Kier alpha value is -1.72. The molecular weight excluding hydrogens is 361 g/mol. The standard InChI is InChI=1S/C18H19BrFNO2/c1-18(23,14-5-7-15(19)8-6-14)12-21-17(22)11-4-13-2-9-16(20)10-3-13/h2-3,5-10,23H,4,11-12H2,1H3,(H,21,22). The number of aryl methyl sites for hydroxylation is 1. The van der Waals surface area contributed by atoms with Crippen LogP contribution in [0.25, 0.3) is 0 Å². The van der Waals surface area contributed by atoms with E-state index in [0.29, 0.717) is 12.8 Å². The number of carbonyl (C=O) groups excluding carboxylic acids is 1. The normalized spacial score (nSPS) is 13.4. The number of amides is 1. The van der Waals surface area contributed by atoms with Gasteiger partial charge in [0.15, 0.2) is 0 Å². The number of carbonyl (C=O) groups is 1. The lowest BCUT2D eigenvalue weighted by molar-refractivity contribution is -0.122. The molecular formula is C18H19BrFNO2. The van der Waals surface area contributed by atoms with Crippen LogP contribution in [0.1, 0.15) is 24.5 Å². The van der Waals surface area contributed by atoms with Gasteiger partial charge in [-0.2, -0.15) is 0 Å². The van der Waals surface area contributed by atoms with Gasteiger partial charge in [0.25, 0.3) is 0 Å². The molecule has 2 aromatic carbocycles. The fourth-order valence-corrected chi connectivity index (χ4v) is 2.44. The zero-order valence-electron chi connectivity index (χ0n) is 12.9. The molecule has 0 radical (unpaired) electrons. The van der Waals surface area contributed by atoms with Gasteiger partial charge in [-0.1, -0.05) is 40.2 Å². The van der Waals surface area contributed by atoms with Crippen LogP contribution in [-0.2, 0) is 16.8 Å². The van der Waals surface area contributed by atoms with Gasteiger partial charge < -0.3 is 10.4 Å². The average molecular weight is 380 g/mol. The van der Waals surface area contributed by atoms with Crippen LogP contribution in [-0.4, -0.2) is 17.6 Å². The maximum Gasteiger partial charge on any atom is 0.220 e. The van der Waals surface area contributed by atoms with Gasteiger partial charge >= 0.3 is 0 Å². The molecule has 0 aliphatic carbocycles. The third kappa shape index (κ3) is 5.44. The highest BCUT2D eigenvalue weighted by atomic mass is 79.9. The van der Waals surface area contributed by atoms with Crippen molar-refractivity contribution < 1.29 is 14.3 Å². The summed E-state index contributed by atoms with van der Waals surface area (Å²) in [6.07, 6.45) is 0.828. The highest BCUT2D eigenvalue weighted by Crippen LogP contribution is 2.21. The van der Waals surface area contributed by atoms with Crippen LogP contribution in [0.4, 0.5) is 4.39 Å². The maximum absolute atomic E-state index is 12.8. The molecule has 1 unspecified atom stereocenters. The van der Waals surface area contributed by atoms with Gasteiger partial charge in [0.2, 0.25) is 5.91 Å². The molecule has 0 aromatic heterocycles. The van der Waals surface area contributed by atoms with Crippen LogP contribution in [0, 0.1) is 5.82 Å². The predicted molar refractivity (Wildman–Crippen MR) is 91.4 cm³/mol. The summed E-state index contributed by atoms with van der Waals surface area (Å²) in [6, 6.07) is 13.4. The van der Waals surface area contributed by atoms with Crippen molar-refractivity contribution in [2.24, 2.45) is 0 Å². The van der Waals surface area contributed by atoms with Crippen LogP contribution < -0.4 is 5.32 Å². The molecule has 0 heterocycles. The minimum Gasteiger partial charge on any atom is -0.384 e. The number of hydrogen-bond donors (Lipinski definition) is 2. The van der Waals surface area contributed by atoms with Crippen molar-refractivity contribution >= 4 is 21.8 Å². The van der Waals surface area contributed by atoms with Crippen molar-refractivity contribution in [3.63, 3.8) is 0 Å². The minimum absolute atomic E-state index is 0.136. The lowest BCUT2D eigenvalue weighted by Gasteiger charge is -2.24. The SMILES string of the molecule is CC(O)(CNC(=O)CCc1ccc(F)cc1)c1ccc(Br)cc1. The average Bonchev–Trinajstić information content (AvgIpc) is 2.53. The summed E-state index contributed by atoms with van der Waals surface area (Å²) in [4.78, 5) is 11.9. The van der Waals surface area contributed by atoms with Crippen molar-refractivity contribution in [3.05, 3.63) is 69.9 Å². The number of hydrogen-bond acceptors (Lipinski definition) is 2. The molecule has 1 amide bonds. The van der Waals surface area contributed by atoms with Crippen molar-refractivity contribution in [2.45, 2.75) is 25.4 Å².